The minimum atomic E-state index is 0.865. The Kier molecular flexibility index (Phi) is 6.66. The lowest BCUT2D eigenvalue weighted by atomic mass is 9.84. The van der Waals surface area contributed by atoms with Gasteiger partial charge in [0.25, 0.3) is 0 Å². The molecule has 0 saturated heterocycles. The first-order valence-corrected chi connectivity index (χ1v) is 19.2. The Morgan fingerprint density at radius 1 is 0.250 bits per heavy atom. The van der Waals surface area contributed by atoms with E-state index in [0.29, 0.717) is 0 Å². The van der Waals surface area contributed by atoms with Crippen LogP contribution in [0.25, 0.3) is 121 Å². The Bertz CT molecular complexity index is 3280. The summed E-state index contributed by atoms with van der Waals surface area (Å²) in [6.45, 7) is 0. The van der Waals surface area contributed by atoms with Crippen LogP contribution >= 0.6 is 0 Å². The van der Waals surface area contributed by atoms with Gasteiger partial charge in [-0.05, 0) is 89.3 Å². The lowest BCUT2D eigenvalue weighted by Gasteiger charge is -2.18. The number of hydrogen-bond donors (Lipinski definition) is 0. The average Bonchev–Trinajstić information content (AvgIpc) is 3.85. The van der Waals surface area contributed by atoms with Crippen LogP contribution < -0.4 is 0 Å². The van der Waals surface area contributed by atoms with Gasteiger partial charge in [-0.2, -0.15) is 0 Å². The Labute approximate surface area is 322 Å². The van der Waals surface area contributed by atoms with Crippen LogP contribution in [0.5, 0.6) is 0 Å². The highest BCUT2D eigenvalue weighted by atomic mass is 16.3. The molecule has 0 fully saturated rings. The van der Waals surface area contributed by atoms with Crippen molar-refractivity contribution in [1.82, 2.24) is 0 Å². The van der Waals surface area contributed by atoms with E-state index in [2.05, 4.69) is 194 Å². The molecule has 12 aromatic rings. The largest absolute Gasteiger partial charge is 0.455 e. The van der Waals surface area contributed by atoms with E-state index >= 15 is 0 Å². The molecule has 0 aliphatic rings. The SMILES string of the molecule is c1ccc(-c2c(-c3c4ccccc4c(-c4oc5ccc6ccccc6c5c4-c4ccccc4)c4cc5ccccc5cc34)oc3ccc4ccccc4c23)cc1. The van der Waals surface area contributed by atoms with Gasteiger partial charge < -0.3 is 8.83 Å². The van der Waals surface area contributed by atoms with E-state index in [1.807, 2.05) is 0 Å². The van der Waals surface area contributed by atoms with Gasteiger partial charge in [-0.15, -0.1) is 0 Å². The zero-order valence-corrected chi connectivity index (χ0v) is 30.3. The molecule has 0 radical (unpaired) electrons. The van der Waals surface area contributed by atoms with Crippen LogP contribution in [0.3, 0.4) is 0 Å². The fourth-order valence-electron chi connectivity index (χ4n) is 9.20. The van der Waals surface area contributed by atoms with Gasteiger partial charge in [-0.3, -0.25) is 0 Å². The smallest absolute Gasteiger partial charge is 0.144 e. The molecule has 56 heavy (non-hydrogen) atoms. The van der Waals surface area contributed by atoms with Gasteiger partial charge in [0.05, 0.1) is 0 Å². The van der Waals surface area contributed by atoms with Crippen molar-refractivity contribution < 1.29 is 8.83 Å². The highest BCUT2D eigenvalue weighted by molar-refractivity contribution is 6.28. The molecule has 12 rings (SSSR count). The fraction of sp³-hybridized carbons (Fsp3) is 0. The van der Waals surface area contributed by atoms with Crippen molar-refractivity contribution in [2.75, 3.05) is 0 Å². The van der Waals surface area contributed by atoms with E-state index < -0.39 is 0 Å². The van der Waals surface area contributed by atoms with Crippen LogP contribution in [0.15, 0.2) is 203 Å². The quantitative estimate of drug-likeness (QED) is 0.170. The standard InChI is InChI=1S/C54H32O2/c1-3-17-35(18-4-1)47-51-39-23-11-9-15-33(39)27-29-45(51)55-53(47)49-41-25-13-14-26-42(41)50(44-32-38-22-8-7-21-37(38)31-43(44)49)54-48(36-19-5-2-6-20-36)52-40-24-12-10-16-34(40)28-30-46(52)56-54/h1-32H. The summed E-state index contributed by atoms with van der Waals surface area (Å²) in [7, 11) is 0. The summed E-state index contributed by atoms with van der Waals surface area (Å²) in [4.78, 5) is 0. The first-order valence-electron chi connectivity index (χ1n) is 19.2. The van der Waals surface area contributed by atoms with Crippen molar-refractivity contribution in [3.05, 3.63) is 194 Å². The second-order valence-electron chi connectivity index (χ2n) is 14.7. The molecule has 0 aliphatic carbocycles. The third-order valence-electron chi connectivity index (χ3n) is 11.6. The Balaban J connectivity index is 1.30. The topological polar surface area (TPSA) is 26.3 Å². The van der Waals surface area contributed by atoms with E-state index in [-0.39, 0.29) is 0 Å². The molecule has 2 heterocycles. The molecule has 2 aromatic heterocycles. The predicted molar refractivity (Wildman–Crippen MR) is 235 cm³/mol. The fourth-order valence-corrected chi connectivity index (χ4v) is 9.20. The average molecular weight is 713 g/mol. The molecule has 2 nitrogen and oxygen atoms in total. The second kappa shape index (κ2) is 12.0. The Morgan fingerprint density at radius 2 is 0.607 bits per heavy atom. The van der Waals surface area contributed by atoms with Crippen molar-refractivity contribution >= 4 is 75.8 Å². The molecular weight excluding hydrogens is 681 g/mol. The molecule has 2 heteroatoms. The van der Waals surface area contributed by atoms with Gasteiger partial charge in [0.2, 0.25) is 0 Å². The minimum absolute atomic E-state index is 0.865. The molecule has 0 bridgehead atoms. The molecule has 0 unspecified atom stereocenters. The molecule has 0 atom stereocenters. The maximum atomic E-state index is 7.19. The van der Waals surface area contributed by atoms with Crippen molar-refractivity contribution in [2.24, 2.45) is 0 Å². The zero-order chi connectivity index (χ0) is 36.7. The van der Waals surface area contributed by atoms with Crippen LogP contribution in [0.4, 0.5) is 0 Å². The molecular formula is C54H32O2. The zero-order valence-electron chi connectivity index (χ0n) is 30.3. The molecule has 0 amide bonds. The summed E-state index contributed by atoms with van der Waals surface area (Å²) in [5.41, 5.74) is 8.34. The normalized spacial score (nSPS) is 11.9. The van der Waals surface area contributed by atoms with Gasteiger partial charge in [0.15, 0.2) is 0 Å². The summed E-state index contributed by atoms with van der Waals surface area (Å²) in [6, 6.07) is 69.5. The van der Waals surface area contributed by atoms with Gasteiger partial charge >= 0.3 is 0 Å². The van der Waals surface area contributed by atoms with E-state index in [4.69, 9.17) is 8.83 Å². The monoisotopic (exact) mass is 712 g/mol. The van der Waals surface area contributed by atoms with Crippen molar-refractivity contribution in [3.63, 3.8) is 0 Å². The lowest BCUT2D eigenvalue weighted by Crippen LogP contribution is -1.92. The number of hydrogen-bond acceptors (Lipinski definition) is 2. The predicted octanol–water partition coefficient (Wildman–Crippen LogP) is 15.6. The van der Waals surface area contributed by atoms with Crippen molar-refractivity contribution in [2.45, 2.75) is 0 Å². The molecule has 0 N–H and O–H groups in total. The summed E-state index contributed by atoms with van der Waals surface area (Å²) < 4.78 is 14.4. The molecule has 0 spiro atoms. The number of furan rings is 2. The molecule has 260 valence electrons. The highest BCUT2D eigenvalue weighted by Crippen LogP contribution is 2.53. The third-order valence-corrected chi connectivity index (χ3v) is 11.6. The number of fused-ring (bicyclic) bond motifs is 9. The van der Waals surface area contributed by atoms with Crippen LogP contribution in [0.1, 0.15) is 0 Å². The van der Waals surface area contributed by atoms with E-state index in [1.165, 1.54) is 32.3 Å². The number of rotatable bonds is 4. The maximum absolute atomic E-state index is 7.19. The highest BCUT2D eigenvalue weighted by Gasteiger charge is 2.28. The summed E-state index contributed by atoms with van der Waals surface area (Å²) in [5, 5.41) is 13.8. The molecule has 0 aliphatic heterocycles. The van der Waals surface area contributed by atoms with Gasteiger partial charge in [0.1, 0.15) is 22.7 Å². The first kappa shape index (κ1) is 31.0. The van der Waals surface area contributed by atoms with Crippen LogP contribution in [-0.2, 0) is 0 Å². The Hall–Kier alpha value is -7.42. The van der Waals surface area contributed by atoms with Crippen LogP contribution in [0.2, 0.25) is 0 Å². The number of benzene rings is 10. The van der Waals surface area contributed by atoms with E-state index in [0.717, 1.165) is 88.4 Å². The van der Waals surface area contributed by atoms with Crippen molar-refractivity contribution in [1.29, 1.82) is 0 Å². The summed E-state index contributed by atoms with van der Waals surface area (Å²) >= 11 is 0. The van der Waals surface area contributed by atoms with Gasteiger partial charge in [-0.25, -0.2) is 0 Å². The van der Waals surface area contributed by atoms with Crippen LogP contribution in [-0.4, -0.2) is 0 Å². The van der Waals surface area contributed by atoms with Crippen molar-refractivity contribution in [3.8, 4) is 44.9 Å². The summed E-state index contributed by atoms with van der Waals surface area (Å²) in [6.07, 6.45) is 0. The minimum Gasteiger partial charge on any atom is -0.455 e. The van der Waals surface area contributed by atoms with Gasteiger partial charge in [-0.1, -0.05) is 170 Å². The maximum Gasteiger partial charge on any atom is 0.144 e. The van der Waals surface area contributed by atoms with Crippen LogP contribution in [0, 0.1) is 0 Å². The second-order valence-corrected chi connectivity index (χ2v) is 14.7. The third kappa shape index (κ3) is 4.50. The first-order chi connectivity index (χ1) is 27.8. The Morgan fingerprint density at radius 3 is 1.04 bits per heavy atom. The van der Waals surface area contributed by atoms with Gasteiger partial charge in [0, 0.05) is 33.0 Å². The lowest BCUT2D eigenvalue weighted by molar-refractivity contribution is 0.633. The summed E-state index contributed by atoms with van der Waals surface area (Å²) in [5.74, 6) is 1.73. The molecule has 10 aromatic carbocycles. The van der Waals surface area contributed by atoms with E-state index in [9.17, 15) is 0 Å². The molecule has 0 saturated carbocycles. The van der Waals surface area contributed by atoms with E-state index in [1.54, 1.807) is 0 Å².